The van der Waals surface area contributed by atoms with E-state index >= 15 is 0 Å². The van der Waals surface area contributed by atoms with Gasteiger partial charge >= 0.3 is 0 Å². The largest absolute Gasteiger partial charge is 0.452 e. The van der Waals surface area contributed by atoms with Crippen molar-refractivity contribution in [3.05, 3.63) is 36.3 Å². The molecule has 0 amide bonds. The zero-order valence-electron chi connectivity index (χ0n) is 8.40. The van der Waals surface area contributed by atoms with E-state index in [2.05, 4.69) is 16.9 Å². The standard InChI is InChI=1S/C12H10N2O/c1-2-9-12-11(14-7-13-9)8-5-3-4-6-10(8)15-12/h3-7H,2H2,1H3. The Morgan fingerprint density at radius 1 is 1.20 bits per heavy atom. The van der Waals surface area contributed by atoms with Gasteiger partial charge in [-0.1, -0.05) is 19.1 Å². The van der Waals surface area contributed by atoms with Crippen molar-refractivity contribution in [3.63, 3.8) is 0 Å². The fourth-order valence-corrected chi connectivity index (χ4v) is 1.82. The molecule has 0 bridgehead atoms. The molecular formula is C12H10N2O. The van der Waals surface area contributed by atoms with Crippen LogP contribution in [0.4, 0.5) is 0 Å². The number of rotatable bonds is 1. The van der Waals surface area contributed by atoms with Crippen LogP contribution in [0.2, 0.25) is 0 Å². The molecule has 1 aromatic carbocycles. The van der Waals surface area contributed by atoms with Gasteiger partial charge < -0.3 is 4.42 Å². The maximum Gasteiger partial charge on any atom is 0.175 e. The van der Waals surface area contributed by atoms with E-state index in [1.807, 2.05) is 24.3 Å². The molecule has 0 radical (unpaired) electrons. The first kappa shape index (κ1) is 8.41. The summed E-state index contributed by atoms with van der Waals surface area (Å²) in [5, 5.41) is 1.06. The second-order valence-corrected chi connectivity index (χ2v) is 3.45. The smallest absolute Gasteiger partial charge is 0.175 e. The molecule has 0 aliphatic carbocycles. The molecule has 0 aliphatic heterocycles. The van der Waals surface area contributed by atoms with Crippen molar-refractivity contribution in [1.29, 1.82) is 0 Å². The maximum absolute atomic E-state index is 5.75. The summed E-state index contributed by atoms with van der Waals surface area (Å²) >= 11 is 0. The van der Waals surface area contributed by atoms with Gasteiger partial charge in [0.15, 0.2) is 5.58 Å². The van der Waals surface area contributed by atoms with Crippen LogP contribution < -0.4 is 0 Å². The molecule has 74 valence electrons. The third-order valence-electron chi connectivity index (χ3n) is 2.57. The molecule has 0 unspecified atom stereocenters. The van der Waals surface area contributed by atoms with Crippen molar-refractivity contribution in [2.24, 2.45) is 0 Å². The Labute approximate surface area is 86.8 Å². The minimum Gasteiger partial charge on any atom is -0.452 e. The van der Waals surface area contributed by atoms with Crippen molar-refractivity contribution in [1.82, 2.24) is 9.97 Å². The molecule has 0 atom stereocenters. The third-order valence-corrected chi connectivity index (χ3v) is 2.57. The number of para-hydroxylation sites is 1. The molecule has 2 heterocycles. The second-order valence-electron chi connectivity index (χ2n) is 3.45. The fourth-order valence-electron chi connectivity index (χ4n) is 1.82. The number of fused-ring (bicyclic) bond motifs is 3. The second kappa shape index (κ2) is 3.05. The van der Waals surface area contributed by atoms with Gasteiger partial charge in [0.05, 0.1) is 5.69 Å². The number of aromatic nitrogens is 2. The quantitative estimate of drug-likeness (QED) is 0.603. The summed E-state index contributed by atoms with van der Waals surface area (Å²) in [4.78, 5) is 8.49. The first-order chi connectivity index (χ1) is 7.40. The predicted molar refractivity (Wildman–Crippen MR) is 58.7 cm³/mol. The summed E-state index contributed by atoms with van der Waals surface area (Å²) in [5.74, 6) is 0. The minimum atomic E-state index is 0.821. The van der Waals surface area contributed by atoms with Crippen LogP contribution in [0, 0.1) is 0 Å². The van der Waals surface area contributed by atoms with Gasteiger partial charge in [-0.3, -0.25) is 0 Å². The van der Waals surface area contributed by atoms with Crippen LogP contribution in [0.5, 0.6) is 0 Å². The average molecular weight is 198 g/mol. The highest BCUT2D eigenvalue weighted by Gasteiger charge is 2.10. The average Bonchev–Trinajstić information content (AvgIpc) is 2.67. The molecule has 3 heteroatoms. The Morgan fingerprint density at radius 2 is 2.07 bits per heavy atom. The van der Waals surface area contributed by atoms with E-state index < -0.39 is 0 Å². The van der Waals surface area contributed by atoms with E-state index in [-0.39, 0.29) is 0 Å². The van der Waals surface area contributed by atoms with Gasteiger partial charge in [0, 0.05) is 5.39 Å². The van der Waals surface area contributed by atoms with Crippen LogP contribution >= 0.6 is 0 Å². The van der Waals surface area contributed by atoms with E-state index in [9.17, 15) is 0 Å². The van der Waals surface area contributed by atoms with Crippen LogP contribution in [0.25, 0.3) is 22.1 Å². The number of nitrogens with zero attached hydrogens (tertiary/aromatic N) is 2. The van der Waals surface area contributed by atoms with Gasteiger partial charge in [0.2, 0.25) is 0 Å². The molecule has 0 fully saturated rings. The fraction of sp³-hybridized carbons (Fsp3) is 0.167. The van der Waals surface area contributed by atoms with E-state index in [0.29, 0.717) is 0 Å². The van der Waals surface area contributed by atoms with E-state index in [1.165, 1.54) is 0 Å². The summed E-state index contributed by atoms with van der Waals surface area (Å²) in [6.45, 7) is 2.06. The monoisotopic (exact) mass is 198 g/mol. The van der Waals surface area contributed by atoms with E-state index in [1.54, 1.807) is 6.33 Å². The zero-order chi connectivity index (χ0) is 10.3. The van der Waals surface area contributed by atoms with Crippen LogP contribution in [-0.2, 0) is 6.42 Å². The molecule has 15 heavy (non-hydrogen) atoms. The number of aryl methyl sites for hydroxylation is 1. The normalized spacial score (nSPS) is 11.3. The van der Waals surface area contributed by atoms with Crippen molar-refractivity contribution in [3.8, 4) is 0 Å². The summed E-state index contributed by atoms with van der Waals surface area (Å²) < 4.78 is 5.75. The van der Waals surface area contributed by atoms with Crippen LogP contribution in [0.15, 0.2) is 35.0 Å². The van der Waals surface area contributed by atoms with Crippen molar-refractivity contribution >= 4 is 22.1 Å². The number of furan rings is 1. The van der Waals surface area contributed by atoms with Crippen molar-refractivity contribution in [2.75, 3.05) is 0 Å². The minimum absolute atomic E-state index is 0.821. The SMILES string of the molecule is CCc1ncnc2c1oc1ccccc12. The Hall–Kier alpha value is -1.90. The molecule has 3 aromatic rings. The maximum atomic E-state index is 5.75. The number of hydrogen-bond donors (Lipinski definition) is 0. The lowest BCUT2D eigenvalue weighted by atomic mass is 10.2. The van der Waals surface area contributed by atoms with Crippen molar-refractivity contribution in [2.45, 2.75) is 13.3 Å². The van der Waals surface area contributed by atoms with E-state index in [4.69, 9.17) is 4.42 Å². The van der Waals surface area contributed by atoms with Crippen LogP contribution in [0.1, 0.15) is 12.6 Å². The van der Waals surface area contributed by atoms with Crippen molar-refractivity contribution < 1.29 is 4.42 Å². The molecule has 0 saturated carbocycles. The molecule has 0 spiro atoms. The topological polar surface area (TPSA) is 38.9 Å². The molecule has 0 N–H and O–H groups in total. The highest BCUT2D eigenvalue weighted by atomic mass is 16.3. The number of benzene rings is 1. The van der Waals surface area contributed by atoms with Gasteiger partial charge in [0.1, 0.15) is 17.4 Å². The summed E-state index contributed by atoms with van der Waals surface area (Å²) in [7, 11) is 0. The molecule has 3 rings (SSSR count). The summed E-state index contributed by atoms with van der Waals surface area (Å²) in [5.41, 5.74) is 3.58. The Balaban J connectivity index is 2.53. The molecule has 0 aliphatic rings. The summed E-state index contributed by atoms with van der Waals surface area (Å²) in [6, 6.07) is 7.93. The van der Waals surface area contributed by atoms with Gasteiger partial charge in [-0.2, -0.15) is 0 Å². The third kappa shape index (κ3) is 1.13. The van der Waals surface area contributed by atoms with Gasteiger partial charge in [-0.05, 0) is 18.6 Å². The molecule has 0 saturated heterocycles. The Bertz CT molecular complexity index is 628. The molecular weight excluding hydrogens is 188 g/mol. The zero-order valence-corrected chi connectivity index (χ0v) is 8.40. The first-order valence-electron chi connectivity index (χ1n) is 5.01. The highest BCUT2D eigenvalue weighted by Crippen LogP contribution is 2.27. The Kier molecular flexibility index (Phi) is 1.71. The number of hydrogen-bond acceptors (Lipinski definition) is 3. The lowest BCUT2D eigenvalue weighted by molar-refractivity contribution is 0.658. The highest BCUT2D eigenvalue weighted by molar-refractivity contribution is 6.02. The lowest BCUT2D eigenvalue weighted by Gasteiger charge is -1.93. The van der Waals surface area contributed by atoms with Crippen LogP contribution in [-0.4, -0.2) is 9.97 Å². The van der Waals surface area contributed by atoms with E-state index in [0.717, 1.165) is 34.2 Å². The van der Waals surface area contributed by atoms with Gasteiger partial charge in [-0.25, -0.2) is 9.97 Å². The predicted octanol–water partition coefficient (Wildman–Crippen LogP) is 2.94. The van der Waals surface area contributed by atoms with Gasteiger partial charge in [-0.15, -0.1) is 0 Å². The molecule has 3 nitrogen and oxygen atoms in total. The van der Waals surface area contributed by atoms with Gasteiger partial charge in [0.25, 0.3) is 0 Å². The summed E-state index contributed by atoms with van der Waals surface area (Å²) in [6.07, 6.45) is 2.46. The van der Waals surface area contributed by atoms with Crippen LogP contribution in [0.3, 0.4) is 0 Å². The first-order valence-corrected chi connectivity index (χ1v) is 5.01. The lowest BCUT2D eigenvalue weighted by Crippen LogP contribution is -1.88. The molecule has 2 aromatic heterocycles. The Morgan fingerprint density at radius 3 is 2.93 bits per heavy atom.